The van der Waals surface area contributed by atoms with Crippen LogP contribution in [-0.4, -0.2) is 22.0 Å². The van der Waals surface area contributed by atoms with Crippen molar-refractivity contribution in [1.29, 1.82) is 0 Å². The second kappa shape index (κ2) is 5.48. The molecule has 0 aliphatic heterocycles. The van der Waals surface area contributed by atoms with Gasteiger partial charge in [0.15, 0.2) is 5.13 Å². The number of carbonyl (C=O) groups excluding carboxylic acids is 1. The molecule has 1 amide bonds. The Kier molecular flexibility index (Phi) is 3.96. The molecule has 1 fully saturated rings. The van der Waals surface area contributed by atoms with Crippen LogP contribution in [0.3, 0.4) is 0 Å². The van der Waals surface area contributed by atoms with E-state index < -0.39 is 17.8 Å². The first-order valence-electron chi connectivity index (χ1n) is 6.03. The van der Waals surface area contributed by atoms with Crippen molar-refractivity contribution in [1.82, 2.24) is 4.98 Å². The van der Waals surface area contributed by atoms with E-state index in [1.165, 1.54) is 11.3 Å². The molecule has 0 aromatic carbocycles. The van der Waals surface area contributed by atoms with Crippen molar-refractivity contribution in [3.8, 4) is 0 Å². The Hall–Kier alpha value is -1.43. The maximum Gasteiger partial charge on any atom is 0.307 e. The van der Waals surface area contributed by atoms with E-state index in [9.17, 15) is 9.59 Å². The minimum absolute atomic E-state index is 0.212. The molecule has 1 saturated carbocycles. The third-order valence-electron chi connectivity index (χ3n) is 3.27. The number of thiazole rings is 1. The first-order chi connectivity index (χ1) is 8.58. The standard InChI is InChI=1S/C12H16N2O3S/c1-7-6-18-12(13-7)14-10(15)8-4-2-3-5-9(8)11(16)17/h6,8-9H,2-5H2,1H3,(H,16,17)(H,13,14,15)/t8-,9+/m0/s1. The molecule has 1 aromatic heterocycles. The van der Waals surface area contributed by atoms with Gasteiger partial charge >= 0.3 is 5.97 Å². The average Bonchev–Trinajstić information content (AvgIpc) is 2.74. The van der Waals surface area contributed by atoms with Crippen molar-refractivity contribution in [2.24, 2.45) is 11.8 Å². The number of carboxylic acids is 1. The molecule has 98 valence electrons. The Morgan fingerprint density at radius 1 is 1.39 bits per heavy atom. The number of carboxylic acid groups (broad SMARTS) is 1. The van der Waals surface area contributed by atoms with Crippen LogP contribution in [0.2, 0.25) is 0 Å². The number of amides is 1. The minimum Gasteiger partial charge on any atom is -0.481 e. The van der Waals surface area contributed by atoms with Crippen LogP contribution in [0.5, 0.6) is 0 Å². The number of nitrogens with one attached hydrogen (secondary N) is 1. The van der Waals surface area contributed by atoms with Gasteiger partial charge in [0.2, 0.25) is 5.91 Å². The van der Waals surface area contributed by atoms with Gasteiger partial charge in [-0.15, -0.1) is 11.3 Å². The third kappa shape index (κ3) is 2.87. The van der Waals surface area contributed by atoms with Crippen LogP contribution in [0.1, 0.15) is 31.4 Å². The molecule has 0 unspecified atom stereocenters. The van der Waals surface area contributed by atoms with Gasteiger partial charge in [-0.25, -0.2) is 4.98 Å². The number of carbonyl (C=O) groups is 2. The molecule has 1 aliphatic rings. The van der Waals surface area contributed by atoms with Crippen LogP contribution < -0.4 is 5.32 Å². The summed E-state index contributed by atoms with van der Waals surface area (Å²) in [5, 5.41) is 14.3. The van der Waals surface area contributed by atoms with Crippen LogP contribution in [-0.2, 0) is 9.59 Å². The Bertz CT molecular complexity index is 458. The highest BCUT2D eigenvalue weighted by atomic mass is 32.1. The Morgan fingerprint density at radius 2 is 2.06 bits per heavy atom. The van der Waals surface area contributed by atoms with E-state index in [0.717, 1.165) is 18.5 Å². The molecule has 1 heterocycles. The molecule has 2 rings (SSSR count). The van der Waals surface area contributed by atoms with Gasteiger partial charge < -0.3 is 10.4 Å². The molecule has 0 saturated heterocycles. The molecule has 0 spiro atoms. The van der Waals surface area contributed by atoms with E-state index in [1.54, 1.807) is 0 Å². The van der Waals surface area contributed by atoms with Crippen molar-refractivity contribution >= 4 is 28.3 Å². The van der Waals surface area contributed by atoms with Gasteiger partial charge in [-0.3, -0.25) is 9.59 Å². The number of rotatable bonds is 3. The van der Waals surface area contributed by atoms with E-state index in [2.05, 4.69) is 10.3 Å². The Labute approximate surface area is 109 Å². The molecular weight excluding hydrogens is 252 g/mol. The van der Waals surface area contributed by atoms with Crippen molar-refractivity contribution in [2.75, 3.05) is 5.32 Å². The zero-order valence-corrected chi connectivity index (χ0v) is 11.0. The van der Waals surface area contributed by atoms with Gasteiger partial charge in [0.05, 0.1) is 17.5 Å². The summed E-state index contributed by atoms with van der Waals surface area (Å²) in [7, 11) is 0. The molecule has 6 heteroatoms. The molecule has 1 aromatic rings. The molecule has 2 atom stereocenters. The topological polar surface area (TPSA) is 79.3 Å². The van der Waals surface area contributed by atoms with Gasteiger partial charge in [0, 0.05) is 5.38 Å². The smallest absolute Gasteiger partial charge is 0.307 e. The summed E-state index contributed by atoms with van der Waals surface area (Å²) in [6.07, 6.45) is 3.04. The van der Waals surface area contributed by atoms with Gasteiger partial charge in [-0.05, 0) is 19.8 Å². The maximum atomic E-state index is 12.1. The lowest BCUT2D eigenvalue weighted by molar-refractivity contribution is -0.147. The maximum absolute atomic E-state index is 12.1. The van der Waals surface area contributed by atoms with E-state index >= 15 is 0 Å². The summed E-state index contributed by atoms with van der Waals surface area (Å²) in [5.74, 6) is -2.07. The van der Waals surface area contributed by atoms with E-state index in [-0.39, 0.29) is 5.91 Å². The summed E-state index contributed by atoms with van der Waals surface area (Å²) < 4.78 is 0. The highest BCUT2D eigenvalue weighted by Crippen LogP contribution is 2.31. The summed E-state index contributed by atoms with van der Waals surface area (Å²) in [6.45, 7) is 1.85. The fraction of sp³-hybridized carbons (Fsp3) is 0.583. The van der Waals surface area contributed by atoms with Crippen LogP contribution in [0.4, 0.5) is 5.13 Å². The van der Waals surface area contributed by atoms with Crippen LogP contribution in [0.25, 0.3) is 0 Å². The summed E-state index contributed by atoms with van der Waals surface area (Å²) in [6, 6.07) is 0. The normalized spacial score (nSPS) is 23.6. The van der Waals surface area contributed by atoms with Gasteiger partial charge in [-0.1, -0.05) is 12.8 Å². The second-order valence-corrected chi connectivity index (χ2v) is 5.48. The number of anilines is 1. The monoisotopic (exact) mass is 268 g/mol. The van der Waals surface area contributed by atoms with Crippen molar-refractivity contribution < 1.29 is 14.7 Å². The lowest BCUT2D eigenvalue weighted by Gasteiger charge is -2.26. The summed E-state index contributed by atoms with van der Waals surface area (Å²) >= 11 is 1.36. The predicted octanol–water partition coefficient (Wildman–Crippen LogP) is 2.28. The SMILES string of the molecule is Cc1csc(NC(=O)[C@H]2CCCC[C@H]2C(=O)O)n1. The minimum atomic E-state index is -0.870. The van der Waals surface area contributed by atoms with Crippen molar-refractivity contribution in [3.63, 3.8) is 0 Å². The van der Waals surface area contributed by atoms with Crippen LogP contribution in [0.15, 0.2) is 5.38 Å². The van der Waals surface area contributed by atoms with Crippen LogP contribution in [0, 0.1) is 18.8 Å². The molecule has 18 heavy (non-hydrogen) atoms. The number of aryl methyl sites for hydroxylation is 1. The second-order valence-electron chi connectivity index (χ2n) is 4.62. The van der Waals surface area contributed by atoms with Crippen molar-refractivity contribution in [3.05, 3.63) is 11.1 Å². The van der Waals surface area contributed by atoms with E-state index in [4.69, 9.17) is 5.11 Å². The third-order valence-corrected chi connectivity index (χ3v) is 4.14. The van der Waals surface area contributed by atoms with Gasteiger partial charge in [-0.2, -0.15) is 0 Å². The lowest BCUT2D eigenvalue weighted by atomic mass is 9.79. The van der Waals surface area contributed by atoms with Gasteiger partial charge in [0.1, 0.15) is 0 Å². The quantitative estimate of drug-likeness (QED) is 0.881. The summed E-state index contributed by atoms with van der Waals surface area (Å²) in [5.41, 5.74) is 0.855. The molecule has 0 bridgehead atoms. The Balaban J connectivity index is 2.04. The van der Waals surface area contributed by atoms with Crippen molar-refractivity contribution in [2.45, 2.75) is 32.6 Å². The highest BCUT2D eigenvalue weighted by molar-refractivity contribution is 7.13. The molecule has 2 N–H and O–H groups in total. The fourth-order valence-corrected chi connectivity index (χ4v) is 3.04. The number of hydrogen-bond donors (Lipinski definition) is 2. The molecule has 1 aliphatic carbocycles. The number of aromatic nitrogens is 1. The fourth-order valence-electron chi connectivity index (χ4n) is 2.35. The first-order valence-corrected chi connectivity index (χ1v) is 6.91. The zero-order valence-electron chi connectivity index (χ0n) is 10.2. The largest absolute Gasteiger partial charge is 0.481 e. The van der Waals surface area contributed by atoms with E-state index in [0.29, 0.717) is 18.0 Å². The lowest BCUT2D eigenvalue weighted by Crippen LogP contribution is -2.36. The highest BCUT2D eigenvalue weighted by Gasteiger charge is 2.35. The summed E-state index contributed by atoms with van der Waals surface area (Å²) in [4.78, 5) is 27.4. The number of hydrogen-bond acceptors (Lipinski definition) is 4. The Morgan fingerprint density at radius 3 is 2.61 bits per heavy atom. The molecule has 0 radical (unpaired) electrons. The average molecular weight is 268 g/mol. The predicted molar refractivity (Wildman–Crippen MR) is 68.6 cm³/mol. The van der Waals surface area contributed by atoms with Crippen LogP contribution >= 0.6 is 11.3 Å². The number of nitrogens with zero attached hydrogens (tertiary/aromatic N) is 1. The first kappa shape index (κ1) is 13.0. The molecule has 5 nitrogen and oxygen atoms in total. The number of aliphatic carboxylic acids is 1. The molecular formula is C12H16N2O3S. The van der Waals surface area contributed by atoms with E-state index in [1.807, 2.05) is 12.3 Å². The van der Waals surface area contributed by atoms with Gasteiger partial charge in [0.25, 0.3) is 0 Å². The zero-order chi connectivity index (χ0) is 13.1.